The standard InChI is InChI=1S/C14H21N3O3S/c1-4-17(11-7-8-21(19,20)9-11)14(18)13-6-5-12(10(2)3)15-16-13/h5-6,10-11H,4,7-9H2,1-3H3. The van der Waals surface area contributed by atoms with Gasteiger partial charge in [-0.1, -0.05) is 13.8 Å². The molecule has 0 bridgehead atoms. The molecule has 0 N–H and O–H groups in total. The van der Waals surface area contributed by atoms with E-state index in [0.29, 0.717) is 13.0 Å². The Bertz CT molecular complexity index is 611. The van der Waals surface area contributed by atoms with Gasteiger partial charge in [-0.05, 0) is 31.4 Å². The van der Waals surface area contributed by atoms with Gasteiger partial charge in [0.1, 0.15) is 0 Å². The van der Waals surface area contributed by atoms with Crippen LogP contribution in [0.4, 0.5) is 0 Å². The van der Waals surface area contributed by atoms with E-state index in [1.807, 2.05) is 20.8 Å². The zero-order chi connectivity index (χ0) is 15.6. The van der Waals surface area contributed by atoms with Crippen molar-refractivity contribution in [2.45, 2.75) is 39.2 Å². The van der Waals surface area contributed by atoms with Crippen LogP contribution < -0.4 is 0 Å². The minimum absolute atomic E-state index is 0.0457. The maximum Gasteiger partial charge on any atom is 0.274 e. The van der Waals surface area contributed by atoms with Crippen LogP contribution in [-0.2, 0) is 9.84 Å². The Kier molecular flexibility index (Phi) is 4.61. The van der Waals surface area contributed by atoms with Crippen LogP contribution >= 0.6 is 0 Å². The lowest BCUT2D eigenvalue weighted by molar-refractivity contribution is 0.0701. The fraction of sp³-hybridized carbons (Fsp3) is 0.643. The van der Waals surface area contributed by atoms with Gasteiger partial charge in [0.15, 0.2) is 15.5 Å². The lowest BCUT2D eigenvalue weighted by Crippen LogP contribution is -2.41. The molecule has 2 rings (SSSR count). The Balaban J connectivity index is 2.17. The van der Waals surface area contributed by atoms with E-state index in [2.05, 4.69) is 10.2 Å². The molecule has 1 saturated heterocycles. The zero-order valence-corrected chi connectivity index (χ0v) is 13.4. The molecule has 2 heterocycles. The third kappa shape index (κ3) is 3.58. The third-order valence-corrected chi connectivity index (χ3v) is 5.50. The second-order valence-electron chi connectivity index (χ2n) is 5.65. The quantitative estimate of drug-likeness (QED) is 0.836. The molecule has 1 fully saturated rings. The highest BCUT2D eigenvalue weighted by molar-refractivity contribution is 7.91. The maximum absolute atomic E-state index is 12.5. The second kappa shape index (κ2) is 6.09. The summed E-state index contributed by atoms with van der Waals surface area (Å²) in [6, 6.07) is 3.21. The number of hydrogen-bond donors (Lipinski definition) is 0. The molecule has 0 radical (unpaired) electrons. The molecule has 21 heavy (non-hydrogen) atoms. The summed E-state index contributed by atoms with van der Waals surface area (Å²) < 4.78 is 23.1. The smallest absolute Gasteiger partial charge is 0.274 e. The molecular formula is C14H21N3O3S. The molecule has 0 aliphatic carbocycles. The highest BCUT2D eigenvalue weighted by atomic mass is 32.2. The predicted molar refractivity (Wildman–Crippen MR) is 79.9 cm³/mol. The van der Waals surface area contributed by atoms with Gasteiger partial charge in [0.25, 0.3) is 5.91 Å². The molecule has 1 unspecified atom stereocenters. The molecule has 1 aromatic heterocycles. The van der Waals surface area contributed by atoms with Crippen molar-refractivity contribution >= 4 is 15.7 Å². The number of rotatable bonds is 4. The SMILES string of the molecule is CCN(C(=O)c1ccc(C(C)C)nn1)C1CCS(=O)(=O)C1. The first-order valence-corrected chi connectivity index (χ1v) is 9.01. The largest absolute Gasteiger partial charge is 0.333 e. The first-order chi connectivity index (χ1) is 9.84. The van der Waals surface area contributed by atoms with Gasteiger partial charge >= 0.3 is 0 Å². The minimum atomic E-state index is -3.01. The Labute approximate surface area is 125 Å². The van der Waals surface area contributed by atoms with E-state index in [1.54, 1.807) is 17.0 Å². The number of nitrogens with zero attached hydrogens (tertiary/aromatic N) is 3. The molecule has 0 aromatic carbocycles. The van der Waals surface area contributed by atoms with E-state index in [9.17, 15) is 13.2 Å². The topological polar surface area (TPSA) is 80.2 Å². The van der Waals surface area contributed by atoms with Gasteiger partial charge < -0.3 is 4.90 Å². The molecule has 1 aliphatic heterocycles. The molecule has 6 nitrogen and oxygen atoms in total. The molecule has 7 heteroatoms. The van der Waals surface area contributed by atoms with Crippen LogP contribution in [0.5, 0.6) is 0 Å². The summed E-state index contributed by atoms with van der Waals surface area (Å²) in [6.45, 7) is 6.33. The first kappa shape index (κ1) is 15.9. The molecule has 1 amide bonds. The minimum Gasteiger partial charge on any atom is -0.333 e. The van der Waals surface area contributed by atoms with Gasteiger partial charge in [0.05, 0.1) is 17.2 Å². The van der Waals surface area contributed by atoms with Gasteiger partial charge in [-0.25, -0.2) is 8.42 Å². The highest BCUT2D eigenvalue weighted by Crippen LogP contribution is 2.19. The van der Waals surface area contributed by atoms with E-state index in [1.165, 1.54) is 0 Å². The van der Waals surface area contributed by atoms with Gasteiger partial charge in [-0.2, -0.15) is 5.10 Å². The number of amides is 1. The lowest BCUT2D eigenvalue weighted by atomic mass is 10.1. The third-order valence-electron chi connectivity index (χ3n) is 3.75. The number of hydrogen-bond acceptors (Lipinski definition) is 5. The highest BCUT2D eigenvalue weighted by Gasteiger charge is 2.34. The Morgan fingerprint density at radius 3 is 2.52 bits per heavy atom. The summed E-state index contributed by atoms with van der Waals surface area (Å²) in [5.74, 6) is 0.204. The normalized spacial score (nSPS) is 20.7. The molecule has 0 spiro atoms. The summed E-state index contributed by atoms with van der Waals surface area (Å²) >= 11 is 0. The Morgan fingerprint density at radius 2 is 2.10 bits per heavy atom. The number of sulfone groups is 1. The first-order valence-electron chi connectivity index (χ1n) is 7.19. The van der Waals surface area contributed by atoms with Crippen LogP contribution in [-0.4, -0.2) is 53.5 Å². The fourth-order valence-electron chi connectivity index (χ4n) is 2.50. The summed E-state index contributed by atoms with van der Waals surface area (Å²) in [4.78, 5) is 14.1. The molecule has 1 aliphatic rings. The fourth-order valence-corrected chi connectivity index (χ4v) is 4.23. The van der Waals surface area contributed by atoms with Crippen LogP contribution in [0.15, 0.2) is 12.1 Å². The summed E-state index contributed by atoms with van der Waals surface area (Å²) in [6.07, 6.45) is 0.499. The van der Waals surface area contributed by atoms with Crippen molar-refractivity contribution in [2.75, 3.05) is 18.1 Å². The molecule has 0 saturated carbocycles. The average Bonchev–Trinajstić information content (AvgIpc) is 2.79. The summed E-state index contributed by atoms with van der Waals surface area (Å²) in [5, 5.41) is 8.04. The van der Waals surface area contributed by atoms with Gasteiger partial charge in [-0.3, -0.25) is 4.79 Å². The Hall–Kier alpha value is -1.50. The van der Waals surface area contributed by atoms with Crippen molar-refractivity contribution in [1.29, 1.82) is 0 Å². The van der Waals surface area contributed by atoms with Gasteiger partial charge in [0, 0.05) is 12.6 Å². The van der Waals surface area contributed by atoms with Crippen molar-refractivity contribution in [3.63, 3.8) is 0 Å². The van der Waals surface area contributed by atoms with Crippen LogP contribution in [0, 0.1) is 0 Å². The number of carbonyl (C=O) groups is 1. The van der Waals surface area contributed by atoms with Crippen LogP contribution in [0.1, 0.15) is 49.3 Å². The van der Waals surface area contributed by atoms with Crippen molar-refractivity contribution in [1.82, 2.24) is 15.1 Å². The molecule has 1 aromatic rings. The number of carbonyl (C=O) groups excluding carboxylic acids is 1. The summed E-state index contributed by atoms with van der Waals surface area (Å²) in [7, 11) is -3.01. The molecular weight excluding hydrogens is 290 g/mol. The van der Waals surface area contributed by atoms with E-state index in [-0.39, 0.29) is 35.1 Å². The van der Waals surface area contributed by atoms with E-state index < -0.39 is 9.84 Å². The summed E-state index contributed by atoms with van der Waals surface area (Å²) in [5.41, 5.74) is 1.10. The van der Waals surface area contributed by atoms with Gasteiger partial charge in [0.2, 0.25) is 0 Å². The van der Waals surface area contributed by atoms with Gasteiger partial charge in [-0.15, -0.1) is 5.10 Å². The predicted octanol–water partition coefficient (Wildman–Crippen LogP) is 1.25. The number of aromatic nitrogens is 2. The lowest BCUT2D eigenvalue weighted by Gasteiger charge is -2.26. The van der Waals surface area contributed by atoms with Crippen LogP contribution in [0.25, 0.3) is 0 Å². The van der Waals surface area contributed by atoms with E-state index in [4.69, 9.17) is 0 Å². The molecule has 116 valence electrons. The van der Waals surface area contributed by atoms with Crippen molar-refractivity contribution in [3.8, 4) is 0 Å². The van der Waals surface area contributed by atoms with Crippen molar-refractivity contribution in [3.05, 3.63) is 23.5 Å². The van der Waals surface area contributed by atoms with Crippen LogP contribution in [0.3, 0.4) is 0 Å². The Morgan fingerprint density at radius 1 is 1.38 bits per heavy atom. The van der Waals surface area contributed by atoms with Crippen molar-refractivity contribution < 1.29 is 13.2 Å². The monoisotopic (exact) mass is 311 g/mol. The van der Waals surface area contributed by atoms with Crippen LogP contribution in [0.2, 0.25) is 0 Å². The maximum atomic E-state index is 12.5. The second-order valence-corrected chi connectivity index (χ2v) is 7.87. The van der Waals surface area contributed by atoms with E-state index in [0.717, 1.165) is 5.69 Å². The van der Waals surface area contributed by atoms with E-state index >= 15 is 0 Å². The van der Waals surface area contributed by atoms with Crippen molar-refractivity contribution in [2.24, 2.45) is 0 Å². The zero-order valence-electron chi connectivity index (χ0n) is 12.6. The average molecular weight is 311 g/mol. The molecule has 1 atom stereocenters.